The molecular formula is C82H56BBr2IN2O2S2. The molecule has 5 heterocycles. The molecule has 4 nitrogen and oxygen atoms in total. The van der Waals surface area contributed by atoms with Crippen molar-refractivity contribution in [2.24, 2.45) is 0 Å². The van der Waals surface area contributed by atoms with Crippen molar-refractivity contribution in [1.82, 2.24) is 9.13 Å². The number of thiophene rings is 2. The maximum Gasteiger partial charge on any atom is 0.494 e. The van der Waals surface area contributed by atoms with Crippen molar-refractivity contribution in [1.29, 1.82) is 0 Å². The first-order chi connectivity index (χ1) is 44.8. The third-order valence-electron chi connectivity index (χ3n) is 19.0. The highest BCUT2D eigenvalue weighted by Crippen LogP contribution is 2.45. The third kappa shape index (κ3) is 9.86. The molecule has 1 aliphatic heterocycles. The summed E-state index contributed by atoms with van der Waals surface area (Å²) in [4.78, 5) is 0. The number of nitrogens with zero attached hydrogens (tertiary/aromatic N) is 2. The highest BCUT2D eigenvalue weighted by Gasteiger charge is 2.51. The lowest BCUT2D eigenvalue weighted by Gasteiger charge is -2.32. The normalized spacial score (nSPS) is 13.9. The van der Waals surface area contributed by atoms with Gasteiger partial charge in [0.05, 0.1) is 33.3 Å². The largest absolute Gasteiger partial charge is 0.494 e. The highest BCUT2D eigenvalue weighted by atomic mass is 127. The lowest BCUT2D eigenvalue weighted by Crippen LogP contribution is -2.41. The first-order valence-electron chi connectivity index (χ1n) is 30.9. The fraction of sp³-hybridized carbons (Fsp3) is 0.0732. The Morgan fingerprint density at radius 2 is 0.783 bits per heavy atom. The van der Waals surface area contributed by atoms with Crippen LogP contribution in [0.2, 0.25) is 0 Å². The van der Waals surface area contributed by atoms with E-state index in [1.807, 2.05) is 22.7 Å². The Balaban J connectivity index is 0.000000116. The third-order valence-corrected chi connectivity index (χ3v) is 23.1. The van der Waals surface area contributed by atoms with Crippen LogP contribution in [0.5, 0.6) is 0 Å². The smallest absolute Gasteiger partial charge is 0.399 e. The molecule has 0 saturated carbocycles. The van der Waals surface area contributed by atoms with Gasteiger partial charge in [-0.2, -0.15) is 0 Å². The van der Waals surface area contributed by atoms with Crippen molar-refractivity contribution in [3.05, 3.63) is 279 Å². The molecule has 0 atom stereocenters. The second-order valence-electron chi connectivity index (χ2n) is 25.0. The molecule has 0 amide bonds. The summed E-state index contributed by atoms with van der Waals surface area (Å²) in [5.41, 5.74) is 9.92. The molecule has 0 N–H and O–H groups in total. The predicted molar refractivity (Wildman–Crippen MR) is 413 cm³/mol. The lowest BCUT2D eigenvalue weighted by atomic mass is 9.79. The van der Waals surface area contributed by atoms with E-state index in [2.05, 4.69) is 358 Å². The van der Waals surface area contributed by atoms with Gasteiger partial charge in [-0.3, -0.25) is 0 Å². The van der Waals surface area contributed by atoms with Crippen LogP contribution in [0, 0.1) is 3.57 Å². The van der Waals surface area contributed by atoms with Gasteiger partial charge in [0.2, 0.25) is 0 Å². The molecule has 92 heavy (non-hydrogen) atoms. The van der Waals surface area contributed by atoms with E-state index in [0.717, 1.165) is 25.6 Å². The van der Waals surface area contributed by atoms with Crippen LogP contribution in [0.1, 0.15) is 27.7 Å². The van der Waals surface area contributed by atoms with Crippen molar-refractivity contribution in [2.75, 3.05) is 0 Å². The minimum atomic E-state index is -0.401. The zero-order chi connectivity index (χ0) is 62.1. The molecule has 18 aromatic rings. The van der Waals surface area contributed by atoms with Crippen LogP contribution in [0.15, 0.2) is 276 Å². The Hall–Kier alpha value is -8.17. The Kier molecular flexibility index (Phi) is 14.1. The number of halogens is 3. The number of fused-ring (bicyclic) bond motifs is 16. The molecule has 0 bridgehead atoms. The minimum Gasteiger partial charge on any atom is -0.399 e. The van der Waals surface area contributed by atoms with E-state index >= 15 is 0 Å². The zero-order valence-electron chi connectivity index (χ0n) is 50.6. The predicted octanol–water partition coefficient (Wildman–Crippen LogP) is 24.7. The van der Waals surface area contributed by atoms with Gasteiger partial charge in [-0.05, 0) is 225 Å². The molecule has 1 saturated heterocycles. The zero-order valence-corrected chi connectivity index (χ0v) is 57.6. The monoisotopic (exact) mass is 1460 g/mol. The fourth-order valence-corrected chi connectivity index (χ4v) is 17.6. The van der Waals surface area contributed by atoms with Crippen LogP contribution in [0.3, 0.4) is 0 Å². The molecule has 0 spiro atoms. The highest BCUT2D eigenvalue weighted by molar-refractivity contribution is 14.1. The Bertz CT molecular complexity index is 6040. The number of hydrogen-bond acceptors (Lipinski definition) is 4. The topological polar surface area (TPSA) is 28.3 Å². The average Bonchev–Trinajstić information content (AvgIpc) is 1.59. The summed E-state index contributed by atoms with van der Waals surface area (Å²) in [7, 11) is -0.401. The van der Waals surface area contributed by atoms with Gasteiger partial charge in [0.15, 0.2) is 0 Å². The average molecular weight is 1460 g/mol. The van der Waals surface area contributed by atoms with E-state index in [1.54, 1.807) is 0 Å². The van der Waals surface area contributed by atoms with Crippen LogP contribution in [0.25, 0.3) is 150 Å². The van der Waals surface area contributed by atoms with Crippen molar-refractivity contribution in [3.8, 4) is 22.5 Å². The molecule has 0 unspecified atom stereocenters. The summed E-state index contributed by atoms with van der Waals surface area (Å²) >= 11 is 13.4. The summed E-state index contributed by atoms with van der Waals surface area (Å²) < 4.78 is 26.6. The molecule has 19 rings (SSSR count). The first-order valence-corrected chi connectivity index (χ1v) is 35.2. The van der Waals surface area contributed by atoms with E-state index in [-0.39, 0.29) is 11.2 Å². The van der Waals surface area contributed by atoms with Crippen LogP contribution < -0.4 is 5.46 Å². The van der Waals surface area contributed by atoms with Crippen LogP contribution in [0.4, 0.5) is 0 Å². The molecule has 0 radical (unpaired) electrons. The lowest BCUT2D eigenvalue weighted by molar-refractivity contribution is 0.00578. The van der Waals surface area contributed by atoms with Gasteiger partial charge in [-0.15, -0.1) is 22.7 Å². The molecule has 10 heteroatoms. The second kappa shape index (κ2) is 22.6. The minimum absolute atomic E-state index is 0.380. The number of aromatic nitrogens is 2. The van der Waals surface area contributed by atoms with Crippen molar-refractivity contribution >= 4 is 217 Å². The van der Waals surface area contributed by atoms with Gasteiger partial charge in [0.1, 0.15) is 0 Å². The van der Waals surface area contributed by atoms with E-state index in [4.69, 9.17) is 9.31 Å². The molecule has 0 aliphatic carbocycles. The van der Waals surface area contributed by atoms with Gasteiger partial charge in [0, 0.05) is 85.8 Å². The van der Waals surface area contributed by atoms with Gasteiger partial charge in [-0.25, -0.2) is 0 Å². The summed E-state index contributed by atoms with van der Waals surface area (Å²) in [5, 5.41) is 20.4. The van der Waals surface area contributed by atoms with Gasteiger partial charge in [-0.1, -0.05) is 184 Å². The summed E-state index contributed by atoms with van der Waals surface area (Å²) in [6.07, 6.45) is 0. The summed E-state index contributed by atoms with van der Waals surface area (Å²) in [6, 6.07) is 97.2. The maximum atomic E-state index is 6.41. The summed E-state index contributed by atoms with van der Waals surface area (Å²) in [6.45, 7) is 8.40. The molecule has 14 aromatic carbocycles. The Morgan fingerprint density at radius 3 is 1.32 bits per heavy atom. The van der Waals surface area contributed by atoms with Gasteiger partial charge in [0.25, 0.3) is 0 Å². The van der Waals surface area contributed by atoms with Crippen molar-refractivity contribution in [2.45, 2.75) is 38.9 Å². The Labute approximate surface area is 570 Å². The molecule has 4 aromatic heterocycles. The Morgan fingerprint density at radius 1 is 0.348 bits per heavy atom. The van der Waals surface area contributed by atoms with Crippen LogP contribution >= 0.6 is 77.1 Å². The van der Waals surface area contributed by atoms with E-state index < -0.39 is 7.12 Å². The maximum absolute atomic E-state index is 6.41. The molecule has 1 aliphatic rings. The van der Waals surface area contributed by atoms with E-state index in [9.17, 15) is 0 Å². The second-order valence-corrected chi connectivity index (χ2v) is 30.2. The number of hydrogen-bond donors (Lipinski definition) is 0. The van der Waals surface area contributed by atoms with Gasteiger partial charge >= 0.3 is 7.12 Å². The number of benzene rings is 14. The molecular weight excluding hydrogens is 1410 g/mol. The standard InChI is InChI=1S/C38H22BrNS.C32H28BNO2.C12H6BrIS/c39-28-14-17-36-33(22-28)38-30(10-5-11-37(38)41-36)27-13-16-31-32-19-25-8-3-4-9-26(25)20-35(32)40(34(31)21-27)29-15-12-23-6-1-2-7-24(23)18-29;1-31(2)32(3,4)36-33(35-31)25-14-16-27-28-18-23-11-7-8-12-24(23)19-29(28)34(30(27)20-25)26-15-13-21-9-5-6-10-22(21)17-26;13-7-4-5-10-8(6-7)12-9(14)2-1-3-11(12)15-10/h1-22H;5-20H,1-4H3;1-6H. The van der Waals surface area contributed by atoms with Crippen molar-refractivity contribution in [3.63, 3.8) is 0 Å². The fourth-order valence-electron chi connectivity index (χ4n) is 13.7. The molecule has 442 valence electrons. The molecule has 1 fully saturated rings. The van der Waals surface area contributed by atoms with Crippen LogP contribution in [-0.2, 0) is 9.31 Å². The summed E-state index contributed by atoms with van der Waals surface area (Å²) in [5.74, 6) is 0. The van der Waals surface area contributed by atoms with E-state index in [0.29, 0.717) is 0 Å². The van der Waals surface area contributed by atoms with E-state index in [1.165, 1.54) is 142 Å². The van der Waals surface area contributed by atoms with Gasteiger partial charge < -0.3 is 18.4 Å². The van der Waals surface area contributed by atoms with Crippen LogP contribution in [-0.4, -0.2) is 27.5 Å². The SMILES string of the molecule is Brc1ccc2sc3cccc(-c4ccc5c6cc7ccccc7cc6n(-c6ccc7ccccc7c6)c5c4)c3c2c1.Brc1ccc2sc3cccc(I)c3c2c1.CC1(C)OB(c2ccc3c4cc5ccccc5cc4n(-c4ccc5ccccc5c4)c3c2)OC1(C)C. The number of rotatable bonds is 4. The van der Waals surface area contributed by atoms with Crippen molar-refractivity contribution < 1.29 is 9.31 Å². The quantitative estimate of drug-likeness (QED) is 0.130. The first kappa shape index (κ1) is 57.7.